The van der Waals surface area contributed by atoms with Crippen molar-refractivity contribution in [1.82, 2.24) is 0 Å². The van der Waals surface area contributed by atoms with Crippen molar-refractivity contribution >= 4 is 0 Å². The standard InChI is InChI=1S/C24H46O12/c1-2-3-4-5-6-7-8-9-10-11-12-32-33-14-17-18(27)20(29)21(30)23(34-17)36-24(15-26)22(31)19(28)16(13-25)35-24/h16-23,25-31H,2-15H2,1H3/t16-,17-,18-,19-,20+,21-,22+,23-,24+/m1/s1. The molecule has 12 nitrogen and oxygen atoms in total. The van der Waals surface area contributed by atoms with Crippen LogP contribution in [0.4, 0.5) is 0 Å². The number of hydrogen-bond acceptors (Lipinski definition) is 12. The van der Waals surface area contributed by atoms with Crippen LogP contribution in [0.25, 0.3) is 0 Å². The minimum atomic E-state index is -2.22. The molecule has 2 aliphatic rings. The van der Waals surface area contributed by atoms with E-state index in [1.807, 2.05) is 0 Å². The average molecular weight is 527 g/mol. The van der Waals surface area contributed by atoms with Crippen LogP contribution in [0.15, 0.2) is 0 Å². The molecule has 7 N–H and O–H groups in total. The Bertz CT molecular complexity index is 583. The van der Waals surface area contributed by atoms with Crippen molar-refractivity contribution in [2.75, 3.05) is 26.4 Å². The maximum absolute atomic E-state index is 10.3. The summed E-state index contributed by atoms with van der Waals surface area (Å²) in [6.07, 6.45) is -0.601. The van der Waals surface area contributed by atoms with E-state index in [1.54, 1.807) is 0 Å². The fraction of sp³-hybridized carbons (Fsp3) is 1.00. The highest BCUT2D eigenvalue weighted by Gasteiger charge is 2.58. The first-order valence-corrected chi connectivity index (χ1v) is 13.2. The van der Waals surface area contributed by atoms with Gasteiger partial charge in [0.1, 0.15) is 55.9 Å². The molecule has 2 aliphatic heterocycles. The highest BCUT2D eigenvalue weighted by atomic mass is 17.2. The molecule has 0 aromatic rings. The highest BCUT2D eigenvalue weighted by Crippen LogP contribution is 2.36. The van der Waals surface area contributed by atoms with E-state index in [0.717, 1.165) is 19.3 Å². The molecular weight excluding hydrogens is 480 g/mol. The first-order valence-electron chi connectivity index (χ1n) is 13.2. The van der Waals surface area contributed by atoms with Crippen molar-refractivity contribution in [3.63, 3.8) is 0 Å². The number of ether oxygens (including phenoxy) is 3. The topological polar surface area (TPSA) is 188 Å². The third-order valence-corrected chi connectivity index (χ3v) is 6.79. The van der Waals surface area contributed by atoms with Crippen molar-refractivity contribution in [3.8, 4) is 0 Å². The summed E-state index contributed by atoms with van der Waals surface area (Å²) < 4.78 is 16.2. The van der Waals surface area contributed by atoms with Gasteiger partial charge in [0.25, 0.3) is 0 Å². The summed E-state index contributed by atoms with van der Waals surface area (Å²) in [5, 5.41) is 70.1. The molecule has 36 heavy (non-hydrogen) atoms. The zero-order valence-corrected chi connectivity index (χ0v) is 21.2. The van der Waals surface area contributed by atoms with Gasteiger partial charge in [0.15, 0.2) is 6.29 Å². The second-order valence-electron chi connectivity index (χ2n) is 9.67. The lowest BCUT2D eigenvalue weighted by Gasteiger charge is -2.43. The Morgan fingerprint density at radius 1 is 0.694 bits per heavy atom. The van der Waals surface area contributed by atoms with Crippen LogP contribution in [0.5, 0.6) is 0 Å². The number of aliphatic hydroxyl groups excluding tert-OH is 7. The lowest BCUT2D eigenvalue weighted by atomic mass is 9.99. The summed E-state index contributed by atoms with van der Waals surface area (Å²) in [6.45, 7) is 0.655. The quantitative estimate of drug-likeness (QED) is 0.0689. The molecule has 9 atom stereocenters. The van der Waals surface area contributed by atoms with Crippen molar-refractivity contribution in [2.45, 2.75) is 126 Å². The fourth-order valence-corrected chi connectivity index (χ4v) is 4.44. The molecule has 0 unspecified atom stereocenters. The van der Waals surface area contributed by atoms with Crippen LogP contribution in [-0.2, 0) is 24.0 Å². The fourth-order valence-electron chi connectivity index (χ4n) is 4.44. The maximum Gasteiger partial charge on any atom is 0.224 e. The van der Waals surface area contributed by atoms with E-state index in [9.17, 15) is 35.7 Å². The van der Waals surface area contributed by atoms with Gasteiger partial charge in [-0.3, -0.25) is 0 Å². The van der Waals surface area contributed by atoms with Gasteiger partial charge in [-0.25, -0.2) is 9.78 Å². The Morgan fingerprint density at radius 2 is 1.31 bits per heavy atom. The SMILES string of the molecule is CCCCCCCCCCCCOOC[C@H]1O[C@H](O[C@]2(CO)O[C@H](CO)[C@@H](O)[C@@H]2O)[C@H](O)[C@@H](O)[C@@H]1O. The third-order valence-electron chi connectivity index (χ3n) is 6.79. The summed E-state index contributed by atoms with van der Waals surface area (Å²) in [7, 11) is 0. The van der Waals surface area contributed by atoms with Crippen molar-refractivity contribution < 1.29 is 59.7 Å². The molecule has 0 aromatic carbocycles. The second-order valence-corrected chi connectivity index (χ2v) is 9.67. The van der Waals surface area contributed by atoms with Gasteiger partial charge >= 0.3 is 0 Å². The van der Waals surface area contributed by atoms with Crippen LogP contribution >= 0.6 is 0 Å². The molecule has 12 heteroatoms. The highest BCUT2D eigenvalue weighted by molar-refractivity contribution is 4.98. The first-order chi connectivity index (χ1) is 17.3. The second kappa shape index (κ2) is 16.5. The molecule has 2 saturated heterocycles. The lowest BCUT2D eigenvalue weighted by molar-refractivity contribution is -0.395. The van der Waals surface area contributed by atoms with Crippen LogP contribution in [0.1, 0.15) is 71.1 Å². The van der Waals surface area contributed by atoms with Gasteiger partial charge in [0.05, 0.1) is 13.2 Å². The van der Waals surface area contributed by atoms with Crippen molar-refractivity contribution in [2.24, 2.45) is 0 Å². The molecule has 0 aliphatic carbocycles. The molecule has 2 heterocycles. The van der Waals surface area contributed by atoms with Gasteiger partial charge < -0.3 is 50.0 Å². The Balaban J connectivity index is 1.70. The summed E-state index contributed by atoms with van der Waals surface area (Å²) in [6, 6.07) is 0. The van der Waals surface area contributed by atoms with E-state index < -0.39 is 68.0 Å². The molecule has 0 saturated carbocycles. The van der Waals surface area contributed by atoms with Crippen molar-refractivity contribution in [1.29, 1.82) is 0 Å². The minimum Gasteiger partial charge on any atom is -0.394 e. The Hall–Kier alpha value is -0.480. The molecular formula is C24H46O12. The summed E-state index contributed by atoms with van der Waals surface area (Å²) in [5.74, 6) is -2.22. The first kappa shape index (κ1) is 31.7. The predicted octanol–water partition coefficient (Wildman–Crippen LogP) is -0.519. The van der Waals surface area contributed by atoms with E-state index in [1.165, 1.54) is 44.9 Å². The Labute approximate surface area is 212 Å². The van der Waals surface area contributed by atoms with Crippen LogP contribution in [0.3, 0.4) is 0 Å². The molecule has 2 fully saturated rings. The molecule has 0 bridgehead atoms. The maximum atomic E-state index is 10.3. The van der Waals surface area contributed by atoms with Crippen molar-refractivity contribution in [3.05, 3.63) is 0 Å². The summed E-state index contributed by atoms with van der Waals surface area (Å²) in [5.41, 5.74) is 0. The average Bonchev–Trinajstić information content (AvgIpc) is 3.12. The number of aliphatic hydroxyl groups is 7. The Kier molecular flexibility index (Phi) is 14.5. The molecule has 0 spiro atoms. The van der Waals surface area contributed by atoms with Crippen LogP contribution in [0, 0.1) is 0 Å². The van der Waals surface area contributed by atoms with E-state index in [4.69, 9.17) is 24.0 Å². The van der Waals surface area contributed by atoms with E-state index in [2.05, 4.69) is 6.92 Å². The third kappa shape index (κ3) is 8.79. The number of unbranched alkanes of at least 4 members (excludes halogenated alkanes) is 9. The summed E-state index contributed by atoms with van der Waals surface area (Å²) in [4.78, 5) is 10.3. The van der Waals surface area contributed by atoms with E-state index in [-0.39, 0.29) is 6.61 Å². The molecule has 0 radical (unpaired) electrons. The molecule has 0 aromatic heterocycles. The normalized spacial score (nSPS) is 37.0. The lowest BCUT2D eigenvalue weighted by Crippen LogP contribution is -2.62. The van der Waals surface area contributed by atoms with Crippen LogP contribution in [-0.4, -0.2) is 117 Å². The molecule has 2 rings (SSSR count). The van der Waals surface area contributed by atoms with Gasteiger partial charge in [-0.2, -0.15) is 0 Å². The zero-order valence-electron chi connectivity index (χ0n) is 21.2. The minimum absolute atomic E-state index is 0.292. The van der Waals surface area contributed by atoms with E-state index in [0.29, 0.717) is 6.61 Å². The van der Waals surface area contributed by atoms with Gasteiger partial charge in [0, 0.05) is 0 Å². The zero-order chi connectivity index (χ0) is 26.6. The summed E-state index contributed by atoms with van der Waals surface area (Å²) >= 11 is 0. The van der Waals surface area contributed by atoms with Crippen LogP contribution < -0.4 is 0 Å². The number of hydrogen-bond donors (Lipinski definition) is 7. The van der Waals surface area contributed by atoms with Gasteiger partial charge in [-0.15, -0.1) is 0 Å². The van der Waals surface area contributed by atoms with Gasteiger partial charge in [-0.1, -0.05) is 64.7 Å². The van der Waals surface area contributed by atoms with Gasteiger partial charge in [0.2, 0.25) is 5.79 Å². The largest absolute Gasteiger partial charge is 0.394 e. The number of rotatable bonds is 18. The molecule has 0 amide bonds. The Morgan fingerprint density at radius 3 is 1.86 bits per heavy atom. The monoisotopic (exact) mass is 526 g/mol. The molecule has 214 valence electrons. The predicted molar refractivity (Wildman–Crippen MR) is 125 cm³/mol. The van der Waals surface area contributed by atoms with Gasteiger partial charge in [-0.05, 0) is 6.42 Å². The van der Waals surface area contributed by atoms with E-state index >= 15 is 0 Å². The van der Waals surface area contributed by atoms with Crippen LogP contribution in [0.2, 0.25) is 0 Å². The smallest absolute Gasteiger partial charge is 0.224 e.